The normalized spacial score (nSPS) is 14.8. The second-order valence-electron chi connectivity index (χ2n) is 5.75. The van der Waals surface area contributed by atoms with Crippen LogP contribution < -0.4 is 5.32 Å². The van der Waals surface area contributed by atoms with Crippen molar-refractivity contribution in [3.8, 4) is 0 Å². The van der Waals surface area contributed by atoms with E-state index in [1.807, 2.05) is 4.57 Å². The van der Waals surface area contributed by atoms with E-state index >= 15 is 0 Å². The molecule has 8 heteroatoms. The summed E-state index contributed by atoms with van der Waals surface area (Å²) in [4.78, 5) is 12.1. The van der Waals surface area contributed by atoms with E-state index in [0.29, 0.717) is 5.82 Å². The van der Waals surface area contributed by atoms with Crippen LogP contribution in [0.2, 0.25) is 0 Å². The quantitative estimate of drug-likeness (QED) is 0.936. The van der Waals surface area contributed by atoms with Crippen molar-refractivity contribution in [2.45, 2.75) is 44.9 Å². The van der Waals surface area contributed by atoms with Gasteiger partial charge in [0.1, 0.15) is 5.82 Å². The fraction of sp³-hybridized carbons (Fsp3) is 0.438. The number of nitrogens with zero attached hydrogens (tertiary/aromatic N) is 3. The third-order valence-electron chi connectivity index (χ3n) is 4.07. The van der Waals surface area contributed by atoms with Crippen molar-refractivity contribution in [3.05, 3.63) is 47.0 Å². The molecule has 1 aliphatic rings. The predicted molar refractivity (Wildman–Crippen MR) is 80.2 cm³/mol. The highest BCUT2D eigenvalue weighted by atomic mass is 19.4. The third kappa shape index (κ3) is 3.58. The van der Waals surface area contributed by atoms with Crippen LogP contribution in [0.15, 0.2) is 24.3 Å². The standard InChI is InChI=1S/C16H17F3N4O/c17-16(18,19)12-7-5-11(6-8-12)15(24)20-10-14-22-21-13-4-2-1-3-9-23(13)14/h5-8H,1-4,9-10H2,(H,20,24). The second-order valence-corrected chi connectivity index (χ2v) is 5.75. The molecule has 2 heterocycles. The SMILES string of the molecule is O=C(NCc1nnc2n1CCCCC2)c1ccc(C(F)(F)F)cc1. The van der Waals surface area contributed by atoms with E-state index in [1.54, 1.807) is 0 Å². The van der Waals surface area contributed by atoms with Crippen molar-refractivity contribution in [2.24, 2.45) is 0 Å². The van der Waals surface area contributed by atoms with Gasteiger partial charge in [0, 0.05) is 18.5 Å². The molecule has 1 N–H and O–H groups in total. The Balaban J connectivity index is 1.65. The van der Waals surface area contributed by atoms with E-state index in [9.17, 15) is 18.0 Å². The molecule has 3 rings (SSSR count). The summed E-state index contributed by atoms with van der Waals surface area (Å²) in [6.07, 6.45) is -0.268. The van der Waals surface area contributed by atoms with Gasteiger partial charge < -0.3 is 9.88 Å². The van der Waals surface area contributed by atoms with Gasteiger partial charge in [-0.3, -0.25) is 4.79 Å². The molecule has 0 bridgehead atoms. The van der Waals surface area contributed by atoms with E-state index in [0.717, 1.165) is 50.2 Å². The van der Waals surface area contributed by atoms with Crippen LogP contribution >= 0.6 is 0 Å². The van der Waals surface area contributed by atoms with Crippen LogP contribution in [-0.2, 0) is 25.7 Å². The number of carbonyl (C=O) groups excluding carboxylic acids is 1. The summed E-state index contributed by atoms with van der Waals surface area (Å²) in [7, 11) is 0. The van der Waals surface area contributed by atoms with Gasteiger partial charge >= 0.3 is 6.18 Å². The topological polar surface area (TPSA) is 59.8 Å². The first-order chi connectivity index (χ1) is 11.4. The van der Waals surface area contributed by atoms with Gasteiger partial charge in [0.2, 0.25) is 0 Å². The lowest BCUT2D eigenvalue weighted by atomic mass is 10.1. The molecule has 1 aliphatic heterocycles. The molecule has 1 aromatic carbocycles. The highest BCUT2D eigenvalue weighted by Crippen LogP contribution is 2.29. The Bertz CT molecular complexity index is 722. The molecule has 0 saturated carbocycles. The minimum Gasteiger partial charge on any atom is -0.345 e. The summed E-state index contributed by atoms with van der Waals surface area (Å²) in [5.41, 5.74) is -0.597. The molecule has 0 saturated heterocycles. The van der Waals surface area contributed by atoms with Crippen molar-refractivity contribution < 1.29 is 18.0 Å². The smallest absolute Gasteiger partial charge is 0.345 e. The zero-order chi connectivity index (χ0) is 17.2. The highest BCUT2D eigenvalue weighted by Gasteiger charge is 2.30. The number of amides is 1. The summed E-state index contributed by atoms with van der Waals surface area (Å²) in [5.74, 6) is 1.16. The zero-order valence-corrected chi connectivity index (χ0v) is 12.9. The molecule has 1 amide bonds. The summed E-state index contributed by atoms with van der Waals surface area (Å²) in [6.45, 7) is 1.03. The van der Waals surface area contributed by atoms with Crippen molar-refractivity contribution in [1.29, 1.82) is 0 Å². The number of alkyl halides is 3. The number of benzene rings is 1. The van der Waals surface area contributed by atoms with Gasteiger partial charge in [-0.15, -0.1) is 10.2 Å². The maximum Gasteiger partial charge on any atom is 0.416 e. The maximum atomic E-state index is 12.5. The van der Waals surface area contributed by atoms with Crippen LogP contribution in [0, 0.1) is 0 Å². The summed E-state index contributed by atoms with van der Waals surface area (Å²) >= 11 is 0. The predicted octanol–water partition coefficient (Wildman–Crippen LogP) is 2.95. The number of aromatic nitrogens is 3. The number of rotatable bonds is 3. The average Bonchev–Trinajstić information content (AvgIpc) is 2.78. The number of nitrogens with one attached hydrogen (secondary N) is 1. The minimum atomic E-state index is -4.41. The first-order valence-corrected chi connectivity index (χ1v) is 7.81. The van der Waals surface area contributed by atoms with Gasteiger partial charge in [0.15, 0.2) is 5.82 Å². The van der Waals surface area contributed by atoms with Gasteiger partial charge in [-0.2, -0.15) is 13.2 Å². The fourth-order valence-corrected chi connectivity index (χ4v) is 2.75. The summed E-state index contributed by atoms with van der Waals surface area (Å²) in [6, 6.07) is 4.14. The largest absolute Gasteiger partial charge is 0.416 e. The summed E-state index contributed by atoms with van der Waals surface area (Å²) in [5, 5.41) is 10.9. The molecule has 0 fully saturated rings. The van der Waals surface area contributed by atoms with Crippen molar-refractivity contribution in [3.63, 3.8) is 0 Å². The lowest BCUT2D eigenvalue weighted by Crippen LogP contribution is -2.25. The van der Waals surface area contributed by atoms with Gasteiger partial charge in [0.05, 0.1) is 12.1 Å². The number of fused-ring (bicyclic) bond motifs is 1. The van der Waals surface area contributed by atoms with Gasteiger partial charge in [0.25, 0.3) is 5.91 Å². The Hall–Kier alpha value is -2.38. The third-order valence-corrected chi connectivity index (χ3v) is 4.07. The molecule has 24 heavy (non-hydrogen) atoms. The van der Waals surface area contributed by atoms with Crippen molar-refractivity contribution in [2.75, 3.05) is 0 Å². The van der Waals surface area contributed by atoms with E-state index in [-0.39, 0.29) is 12.1 Å². The van der Waals surface area contributed by atoms with Crippen LogP contribution in [0.3, 0.4) is 0 Å². The average molecular weight is 338 g/mol. The molecule has 5 nitrogen and oxygen atoms in total. The molecule has 0 radical (unpaired) electrons. The van der Waals surface area contributed by atoms with Crippen molar-refractivity contribution >= 4 is 5.91 Å². The molecule has 2 aromatic rings. The van der Waals surface area contributed by atoms with E-state index in [4.69, 9.17) is 0 Å². The van der Waals surface area contributed by atoms with Gasteiger partial charge in [-0.05, 0) is 37.1 Å². The molecule has 0 aliphatic carbocycles. The molecular formula is C16H17F3N4O. The number of aryl methyl sites for hydroxylation is 1. The molecule has 0 unspecified atom stereocenters. The molecule has 0 atom stereocenters. The molecule has 128 valence electrons. The Labute approximate surface area is 136 Å². The van der Waals surface area contributed by atoms with Crippen LogP contribution in [-0.4, -0.2) is 20.7 Å². The van der Waals surface area contributed by atoms with Gasteiger partial charge in [-0.25, -0.2) is 0 Å². The van der Waals surface area contributed by atoms with Crippen LogP contribution in [0.5, 0.6) is 0 Å². The van der Waals surface area contributed by atoms with Crippen LogP contribution in [0.1, 0.15) is 46.8 Å². The fourth-order valence-electron chi connectivity index (χ4n) is 2.75. The monoisotopic (exact) mass is 338 g/mol. The number of carbonyl (C=O) groups is 1. The highest BCUT2D eigenvalue weighted by molar-refractivity contribution is 5.94. The number of hydrogen-bond donors (Lipinski definition) is 1. The van der Waals surface area contributed by atoms with Crippen LogP contribution in [0.25, 0.3) is 0 Å². The van der Waals surface area contributed by atoms with Crippen LogP contribution in [0.4, 0.5) is 13.2 Å². The van der Waals surface area contributed by atoms with E-state index in [2.05, 4.69) is 15.5 Å². The maximum absolute atomic E-state index is 12.5. The Morgan fingerprint density at radius 2 is 1.88 bits per heavy atom. The first-order valence-electron chi connectivity index (χ1n) is 7.81. The Morgan fingerprint density at radius 1 is 1.12 bits per heavy atom. The lowest BCUT2D eigenvalue weighted by Gasteiger charge is -2.09. The minimum absolute atomic E-state index is 0.179. The van der Waals surface area contributed by atoms with Gasteiger partial charge in [-0.1, -0.05) is 6.42 Å². The first kappa shape index (κ1) is 16.5. The number of hydrogen-bond acceptors (Lipinski definition) is 3. The van der Waals surface area contributed by atoms with E-state index < -0.39 is 17.6 Å². The number of halogens is 3. The lowest BCUT2D eigenvalue weighted by molar-refractivity contribution is -0.137. The molecular weight excluding hydrogens is 321 g/mol. The summed E-state index contributed by atoms with van der Waals surface area (Å²) < 4.78 is 39.6. The van der Waals surface area contributed by atoms with E-state index in [1.165, 1.54) is 12.1 Å². The molecule has 1 aromatic heterocycles. The Morgan fingerprint density at radius 3 is 2.58 bits per heavy atom. The Kier molecular flexibility index (Phi) is 4.55. The van der Waals surface area contributed by atoms with Crippen molar-refractivity contribution in [1.82, 2.24) is 20.1 Å². The molecule has 0 spiro atoms. The zero-order valence-electron chi connectivity index (χ0n) is 12.9. The second kappa shape index (κ2) is 6.62.